The Morgan fingerprint density at radius 3 is 2.87 bits per heavy atom. The molecular weight excluding hydrogens is 222 g/mol. The van der Waals surface area contributed by atoms with E-state index in [9.17, 15) is 15.2 Å². The van der Waals surface area contributed by atoms with Gasteiger partial charge in [-0.1, -0.05) is 11.6 Å². The summed E-state index contributed by atoms with van der Waals surface area (Å²) in [6.45, 7) is 0. The van der Waals surface area contributed by atoms with Crippen LogP contribution in [0.25, 0.3) is 0 Å². The zero-order chi connectivity index (χ0) is 11.0. The fourth-order valence-corrected chi connectivity index (χ4v) is 2.09. The molecule has 0 unspecified atom stereocenters. The zero-order valence-electron chi connectivity index (χ0n) is 7.84. The molecule has 1 aromatic heterocycles. The molecular formula is C8H10ClN3O3. The summed E-state index contributed by atoms with van der Waals surface area (Å²) in [5.74, 6) is -0.351. The smallest absolute Gasteiger partial charge is 0.391 e. The summed E-state index contributed by atoms with van der Waals surface area (Å²) in [5.41, 5.74) is 0. The Morgan fingerprint density at radius 1 is 1.67 bits per heavy atom. The van der Waals surface area contributed by atoms with E-state index in [-0.39, 0.29) is 16.9 Å². The van der Waals surface area contributed by atoms with Crippen molar-refractivity contribution < 1.29 is 10.0 Å². The fraction of sp³-hybridized carbons (Fsp3) is 0.625. The first-order valence-electron chi connectivity index (χ1n) is 4.66. The molecule has 0 bridgehead atoms. The standard InChI is InChI=1S/C8H10ClN3O3/c9-5-4-11(10-8(5)12(14)15)6-2-1-3-7(6)13/h4,6-7,13H,1-3H2/t6-,7-/m1/s1. The molecule has 15 heavy (non-hydrogen) atoms. The first-order valence-corrected chi connectivity index (χ1v) is 5.04. The van der Waals surface area contributed by atoms with Crippen LogP contribution in [0.1, 0.15) is 25.3 Å². The summed E-state index contributed by atoms with van der Waals surface area (Å²) in [6, 6.07) is -0.184. The fourth-order valence-electron chi connectivity index (χ4n) is 1.88. The second-order valence-corrected chi connectivity index (χ2v) is 4.01. The Kier molecular flexibility index (Phi) is 2.62. The molecule has 0 amide bonds. The number of nitrogens with zero attached hydrogens (tertiary/aromatic N) is 3. The molecule has 1 heterocycles. The van der Waals surface area contributed by atoms with E-state index in [2.05, 4.69) is 5.10 Å². The molecule has 1 N–H and O–H groups in total. The molecule has 1 aromatic rings. The van der Waals surface area contributed by atoms with E-state index in [0.717, 1.165) is 12.8 Å². The summed E-state index contributed by atoms with van der Waals surface area (Å²) < 4.78 is 1.40. The average molecular weight is 232 g/mol. The predicted octanol–water partition coefficient (Wildman–Crippen LogP) is 1.53. The molecule has 6 nitrogen and oxygen atoms in total. The average Bonchev–Trinajstić information content (AvgIpc) is 2.71. The number of rotatable bonds is 2. The van der Waals surface area contributed by atoms with Gasteiger partial charge in [0.2, 0.25) is 0 Å². The molecule has 0 aromatic carbocycles. The van der Waals surface area contributed by atoms with Crippen molar-refractivity contribution >= 4 is 17.4 Å². The second-order valence-electron chi connectivity index (χ2n) is 3.60. The molecule has 0 saturated heterocycles. The third-order valence-corrected chi connectivity index (χ3v) is 2.89. The predicted molar refractivity (Wildman–Crippen MR) is 52.8 cm³/mol. The van der Waals surface area contributed by atoms with Crippen LogP contribution in [0.15, 0.2) is 6.20 Å². The summed E-state index contributed by atoms with van der Waals surface area (Å²) >= 11 is 5.66. The molecule has 2 atom stereocenters. The van der Waals surface area contributed by atoms with Crippen LogP contribution in [0.2, 0.25) is 5.02 Å². The lowest BCUT2D eigenvalue weighted by atomic mass is 10.2. The van der Waals surface area contributed by atoms with Gasteiger partial charge in [0.25, 0.3) is 0 Å². The van der Waals surface area contributed by atoms with Crippen LogP contribution in [0.5, 0.6) is 0 Å². The Labute approximate surface area is 90.6 Å². The van der Waals surface area contributed by atoms with E-state index in [1.54, 1.807) is 0 Å². The number of halogens is 1. The van der Waals surface area contributed by atoms with Gasteiger partial charge in [0.05, 0.1) is 23.4 Å². The molecule has 1 fully saturated rings. The number of aliphatic hydroxyl groups is 1. The maximum Gasteiger partial charge on any atom is 0.408 e. The minimum Gasteiger partial charge on any atom is -0.391 e. The third-order valence-electron chi connectivity index (χ3n) is 2.63. The number of aromatic nitrogens is 2. The maximum atomic E-state index is 10.5. The SMILES string of the molecule is O=[N+]([O-])c1nn([C@@H]2CCC[C@H]2O)cc1Cl. The number of hydrogen-bond donors (Lipinski definition) is 1. The van der Waals surface area contributed by atoms with Crippen molar-refractivity contribution in [3.8, 4) is 0 Å². The second kappa shape index (κ2) is 3.79. The molecule has 7 heteroatoms. The van der Waals surface area contributed by atoms with Crippen molar-refractivity contribution in [1.29, 1.82) is 0 Å². The monoisotopic (exact) mass is 231 g/mol. The van der Waals surface area contributed by atoms with Gasteiger partial charge >= 0.3 is 5.82 Å². The number of aliphatic hydroxyl groups excluding tert-OH is 1. The van der Waals surface area contributed by atoms with Crippen molar-refractivity contribution in [3.63, 3.8) is 0 Å². The van der Waals surface area contributed by atoms with Crippen LogP contribution in [-0.4, -0.2) is 25.9 Å². The summed E-state index contributed by atoms with van der Waals surface area (Å²) in [7, 11) is 0. The van der Waals surface area contributed by atoms with Gasteiger partial charge in [-0.05, 0) is 24.2 Å². The minimum atomic E-state index is -0.625. The van der Waals surface area contributed by atoms with Crippen molar-refractivity contribution in [2.24, 2.45) is 0 Å². The lowest BCUT2D eigenvalue weighted by Crippen LogP contribution is -2.18. The number of nitro groups is 1. The first-order chi connectivity index (χ1) is 7.09. The molecule has 2 rings (SSSR count). The number of hydrogen-bond acceptors (Lipinski definition) is 4. The van der Waals surface area contributed by atoms with E-state index in [1.807, 2.05) is 0 Å². The van der Waals surface area contributed by atoms with Gasteiger partial charge < -0.3 is 15.2 Å². The Balaban J connectivity index is 2.29. The van der Waals surface area contributed by atoms with E-state index in [4.69, 9.17) is 11.6 Å². The molecule has 1 aliphatic carbocycles. The van der Waals surface area contributed by atoms with Gasteiger partial charge in [0, 0.05) is 0 Å². The highest BCUT2D eigenvalue weighted by Crippen LogP contribution is 2.32. The van der Waals surface area contributed by atoms with E-state index in [1.165, 1.54) is 10.9 Å². The van der Waals surface area contributed by atoms with Crippen molar-refractivity contribution in [3.05, 3.63) is 21.3 Å². The highest BCUT2D eigenvalue weighted by molar-refractivity contribution is 6.32. The van der Waals surface area contributed by atoms with Crippen molar-refractivity contribution in [1.82, 2.24) is 9.78 Å². The molecule has 0 radical (unpaired) electrons. The first kappa shape index (κ1) is 10.4. The molecule has 0 aliphatic heterocycles. The molecule has 1 saturated carbocycles. The van der Waals surface area contributed by atoms with Gasteiger partial charge in [-0.3, -0.25) is 0 Å². The quantitative estimate of drug-likeness (QED) is 0.618. The lowest BCUT2D eigenvalue weighted by molar-refractivity contribution is -0.389. The van der Waals surface area contributed by atoms with Crippen molar-refractivity contribution in [2.45, 2.75) is 31.4 Å². The van der Waals surface area contributed by atoms with E-state index in [0.29, 0.717) is 6.42 Å². The van der Waals surface area contributed by atoms with Gasteiger partial charge in [-0.15, -0.1) is 0 Å². The normalized spacial score (nSPS) is 25.7. The molecule has 1 aliphatic rings. The highest BCUT2D eigenvalue weighted by atomic mass is 35.5. The Hall–Kier alpha value is -1.14. The largest absolute Gasteiger partial charge is 0.408 e. The van der Waals surface area contributed by atoms with E-state index >= 15 is 0 Å². The molecule has 0 spiro atoms. The maximum absolute atomic E-state index is 10.5. The van der Waals surface area contributed by atoms with Gasteiger partial charge in [-0.2, -0.15) is 4.68 Å². The summed E-state index contributed by atoms with van der Waals surface area (Å²) in [4.78, 5) is 9.89. The van der Waals surface area contributed by atoms with Gasteiger partial charge in [0.15, 0.2) is 5.02 Å². The minimum absolute atomic E-state index is 0.0131. The van der Waals surface area contributed by atoms with Crippen LogP contribution in [0.4, 0.5) is 5.82 Å². The topological polar surface area (TPSA) is 81.2 Å². The summed E-state index contributed by atoms with van der Waals surface area (Å²) in [6.07, 6.45) is 3.29. The van der Waals surface area contributed by atoms with Crippen LogP contribution in [-0.2, 0) is 0 Å². The zero-order valence-corrected chi connectivity index (χ0v) is 8.59. The van der Waals surface area contributed by atoms with Gasteiger partial charge in [-0.25, -0.2) is 0 Å². The molecule has 82 valence electrons. The van der Waals surface area contributed by atoms with Crippen LogP contribution < -0.4 is 0 Å². The third kappa shape index (κ3) is 1.82. The van der Waals surface area contributed by atoms with Crippen LogP contribution >= 0.6 is 11.6 Å². The lowest BCUT2D eigenvalue weighted by Gasteiger charge is -2.10. The highest BCUT2D eigenvalue weighted by Gasteiger charge is 2.32. The van der Waals surface area contributed by atoms with Crippen LogP contribution in [0, 0.1) is 10.1 Å². The Morgan fingerprint density at radius 2 is 2.40 bits per heavy atom. The van der Waals surface area contributed by atoms with Crippen LogP contribution in [0.3, 0.4) is 0 Å². The van der Waals surface area contributed by atoms with Crippen molar-refractivity contribution in [2.75, 3.05) is 0 Å². The van der Waals surface area contributed by atoms with Gasteiger partial charge in [0.1, 0.15) is 0 Å². The summed E-state index contributed by atoms with van der Waals surface area (Å²) in [5, 5.41) is 23.9. The van der Waals surface area contributed by atoms with E-state index < -0.39 is 11.0 Å². The Bertz CT molecular complexity index is 392.